The van der Waals surface area contributed by atoms with Crippen molar-refractivity contribution in [2.75, 3.05) is 0 Å². The number of aryl methyl sites for hydroxylation is 7. The minimum Gasteiger partial charge on any atom is -0.423 e. The van der Waals surface area contributed by atoms with Crippen molar-refractivity contribution in [3.63, 3.8) is 0 Å². The fourth-order valence-electron chi connectivity index (χ4n) is 19.9. The maximum atomic E-state index is 5.82. The number of aromatic nitrogens is 11. The highest BCUT2D eigenvalue weighted by atomic mass is 32.1. The van der Waals surface area contributed by atoms with Crippen LogP contribution in [0.4, 0.5) is 0 Å². The molecular formula is C112H85N11O2S2. The van der Waals surface area contributed by atoms with Gasteiger partial charge in [0.1, 0.15) is 0 Å². The van der Waals surface area contributed by atoms with Gasteiger partial charge in [-0.05, 0) is 228 Å². The second-order valence-corrected chi connectivity index (χ2v) is 35.9. The Bertz CT molecular complexity index is 8270. The van der Waals surface area contributed by atoms with Crippen LogP contribution >= 0.6 is 22.7 Å². The van der Waals surface area contributed by atoms with Gasteiger partial charge in [0.25, 0.3) is 0 Å². The van der Waals surface area contributed by atoms with Gasteiger partial charge in [0.15, 0.2) is 21.1 Å². The van der Waals surface area contributed by atoms with E-state index < -0.39 is 0 Å². The summed E-state index contributed by atoms with van der Waals surface area (Å²) in [5, 5.41) is 0. The zero-order valence-electron chi connectivity index (χ0n) is 71.5. The van der Waals surface area contributed by atoms with Gasteiger partial charge in [-0.1, -0.05) is 302 Å². The summed E-state index contributed by atoms with van der Waals surface area (Å²) in [6.07, 6.45) is 0. The number of fused-ring (bicyclic) bond motifs is 38. The molecule has 0 amide bonds. The molecule has 0 atom stereocenters. The van der Waals surface area contributed by atoms with Crippen molar-refractivity contribution >= 4 is 159 Å². The van der Waals surface area contributed by atoms with Crippen LogP contribution in [0.5, 0.6) is 0 Å². The van der Waals surface area contributed by atoms with Crippen LogP contribution in [-0.4, -0.2) is 51.5 Å². The van der Waals surface area contributed by atoms with E-state index in [4.69, 9.17) is 13.8 Å². The van der Waals surface area contributed by atoms with Crippen molar-refractivity contribution in [3.05, 3.63) is 419 Å². The first-order valence-electron chi connectivity index (χ1n) is 43.1. The lowest BCUT2D eigenvalue weighted by atomic mass is 9.70. The smallest absolute Gasteiger partial charge is 0.307 e. The molecule has 13 nitrogen and oxygen atoms in total. The molecule has 29 rings (SSSR count). The molecule has 10 aromatic heterocycles. The average Bonchev–Trinajstić information content (AvgIpc) is 1.51. The average molecular weight is 1680 g/mol. The lowest BCUT2D eigenvalue weighted by Gasteiger charge is -2.30. The third-order valence-corrected chi connectivity index (χ3v) is 28.1. The Kier molecular flexibility index (Phi) is 18.1. The number of para-hydroxylation sites is 14. The van der Waals surface area contributed by atoms with Gasteiger partial charge in [-0.15, -0.1) is 0 Å². The summed E-state index contributed by atoms with van der Waals surface area (Å²) in [5.41, 5.74) is 44.2. The van der Waals surface area contributed by atoms with Gasteiger partial charge in [-0.25, -0.2) is 15.0 Å². The maximum absolute atomic E-state index is 5.82. The molecule has 0 bridgehead atoms. The largest absolute Gasteiger partial charge is 0.423 e. The second-order valence-electron chi connectivity index (χ2n) is 33.9. The van der Waals surface area contributed by atoms with Crippen molar-refractivity contribution in [2.24, 2.45) is 7.05 Å². The summed E-state index contributed by atoms with van der Waals surface area (Å²) >= 11 is 3.51. The third-order valence-electron chi connectivity index (χ3n) is 25.9. The molecule has 1 spiro atoms. The summed E-state index contributed by atoms with van der Waals surface area (Å²) in [7, 11) is 2.06. The molecule has 0 saturated heterocycles. The van der Waals surface area contributed by atoms with Gasteiger partial charge < -0.3 is 13.4 Å². The van der Waals surface area contributed by atoms with Crippen LogP contribution in [0, 0.1) is 41.5 Å². The van der Waals surface area contributed by atoms with E-state index in [1.54, 1.807) is 22.7 Å². The van der Waals surface area contributed by atoms with E-state index in [9.17, 15) is 0 Å². The van der Waals surface area contributed by atoms with Gasteiger partial charge in [0, 0.05) is 12.5 Å². The van der Waals surface area contributed by atoms with Crippen LogP contribution in [0.2, 0.25) is 0 Å². The molecule has 0 saturated carbocycles. The Morgan fingerprint density at radius 3 is 1.34 bits per heavy atom. The molecule has 127 heavy (non-hydrogen) atoms. The van der Waals surface area contributed by atoms with E-state index in [1.807, 2.05) is 73.7 Å². The minimum atomic E-state index is -0.188. The first-order chi connectivity index (χ1) is 62.2. The van der Waals surface area contributed by atoms with Crippen molar-refractivity contribution in [3.8, 4) is 33.4 Å². The summed E-state index contributed by atoms with van der Waals surface area (Å²) in [5.74, 6) is 2.32. The van der Waals surface area contributed by atoms with Gasteiger partial charge in [0.05, 0.1) is 103 Å². The fourth-order valence-corrected chi connectivity index (χ4v) is 22.1. The van der Waals surface area contributed by atoms with Crippen LogP contribution < -0.4 is 0 Å². The molecule has 16 aromatic carbocycles. The molecule has 10 heterocycles. The van der Waals surface area contributed by atoms with Crippen molar-refractivity contribution in [1.82, 2.24) is 51.5 Å². The number of thiazole rings is 2. The monoisotopic (exact) mass is 1680 g/mol. The van der Waals surface area contributed by atoms with E-state index in [-0.39, 0.29) is 10.8 Å². The topological polar surface area (TPSA) is 118 Å². The second kappa shape index (κ2) is 30.0. The fraction of sp³-hybridized carbons (Fsp3) is 0.0982. The van der Waals surface area contributed by atoms with Gasteiger partial charge in [-0.3, -0.25) is 22.0 Å². The molecule has 0 radical (unpaired) electrons. The molecule has 0 fully saturated rings. The summed E-state index contributed by atoms with van der Waals surface area (Å²) in [6, 6.07) is 124. The number of rotatable bonds is 0. The highest BCUT2D eigenvalue weighted by Crippen LogP contribution is 2.63. The van der Waals surface area contributed by atoms with Crippen LogP contribution in [0.25, 0.3) is 170 Å². The summed E-state index contributed by atoms with van der Waals surface area (Å²) in [4.78, 5) is 25.3. The van der Waals surface area contributed by atoms with Crippen LogP contribution in [0.15, 0.2) is 361 Å². The number of hydrogen-bond donors (Lipinski definition) is 0. The van der Waals surface area contributed by atoms with Gasteiger partial charge >= 0.3 is 11.7 Å². The van der Waals surface area contributed by atoms with Gasteiger partial charge in [0.2, 0.25) is 5.78 Å². The van der Waals surface area contributed by atoms with Crippen molar-refractivity contribution in [2.45, 2.75) is 66.2 Å². The minimum absolute atomic E-state index is 0.152. The van der Waals surface area contributed by atoms with E-state index in [0.717, 1.165) is 82.1 Å². The highest BCUT2D eigenvalue weighted by molar-refractivity contribution is 7.24. The predicted molar refractivity (Wildman–Crippen MR) is 525 cm³/mol. The number of oxazole rings is 2. The Morgan fingerprint density at radius 1 is 0.276 bits per heavy atom. The van der Waals surface area contributed by atoms with Crippen molar-refractivity contribution < 1.29 is 8.83 Å². The van der Waals surface area contributed by atoms with E-state index in [2.05, 4.69) is 387 Å². The molecule has 3 aliphatic rings. The molecule has 15 heteroatoms. The van der Waals surface area contributed by atoms with Crippen LogP contribution in [-0.2, 0) is 17.9 Å². The predicted octanol–water partition coefficient (Wildman–Crippen LogP) is 28.7. The number of imidazole rings is 6. The zero-order valence-corrected chi connectivity index (χ0v) is 73.2. The molecule has 0 aliphatic heterocycles. The Balaban J connectivity index is 0.0000000856. The number of benzene rings is 16. The number of hydrogen-bond acceptors (Lipinski definition) is 9. The van der Waals surface area contributed by atoms with Crippen LogP contribution in [0.1, 0.15) is 80.6 Å². The molecule has 26 aromatic rings. The lowest BCUT2D eigenvalue weighted by Crippen LogP contribution is -2.25. The van der Waals surface area contributed by atoms with E-state index >= 15 is 0 Å². The van der Waals surface area contributed by atoms with Crippen LogP contribution in [0.3, 0.4) is 0 Å². The highest BCUT2D eigenvalue weighted by Gasteiger charge is 2.51. The number of nitrogens with zero attached hydrogens (tertiary/aromatic N) is 11. The summed E-state index contributed by atoms with van der Waals surface area (Å²) < 4.78 is 27.2. The normalized spacial score (nSPS) is 12.9. The molecule has 3 aliphatic carbocycles. The quantitative estimate of drug-likeness (QED) is 0.148. The Morgan fingerprint density at radius 2 is 0.685 bits per heavy atom. The SMILES string of the molecule is Cc1ccc2c(c1)-c1ccccc1C2(C)C.Cc1ccc2c(c1)-c1ccccc1C21c2ccccc2-c2ccccc21.Cc1cccc2c1nc1oc3ccccc3n12.Cc1cccc2c1nc1sc3ccccc3n12.Cc1cccc2c1oc1nc3ccccc3n12.Cc1cccc2c1sc1nc3ccccc3n12.Cn1c2ccccc2n2c3ccccc3nc12. The first kappa shape index (κ1) is 76.6. The third kappa shape index (κ3) is 12.1. The zero-order chi connectivity index (χ0) is 85.7. The molecule has 0 unspecified atom stereocenters. The van der Waals surface area contributed by atoms with E-state index in [1.165, 1.54) is 143 Å². The van der Waals surface area contributed by atoms with Crippen molar-refractivity contribution in [1.29, 1.82) is 0 Å². The summed E-state index contributed by atoms with van der Waals surface area (Å²) in [6.45, 7) is 17.4. The maximum Gasteiger partial charge on any atom is 0.307 e. The first-order valence-corrected chi connectivity index (χ1v) is 44.7. The van der Waals surface area contributed by atoms with E-state index in [0.29, 0.717) is 11.7 Å². The molecule has 612 valence electrons. The molecular weight excluding hydrogens is 1600 g/mol. The lowest BCUT2D eigenvalue weighted by molar-refractivity contribution is 0.640. The Labute approximate surface area is 739 Å². The van der Waals surface area contributed by atoms with Gasteiger partial charge in [-0.2, -0.15) is 9.97 Å². The molecule has 0 N–H and O–H groups in total. The Hall–Kier alpha value is -15.3. The standard InChI is InChI=1S/C26H18.C16H16.C14H11N3.2C14H10N2O.2C14H10N2S/c1-17-14-15-25-21(16-17)20-10-4-7-13-24(20)26(25)22-11-5-2-8-18(22)19-9-3-6-12-23(19)26;1-11-8-9-15-13(10-11)12-6-4-5-7-14(12)16(15,2)3;1-16-12-8-4-5-9-13(12)17-11-7-3-2-6-10(11)15-14(16)17;1-9-5-4-7-11-13(9)15-14-16(11)10-6-2-3-8-12(10)17-14;1-9-5-4-8-12-13(9)17-14-15-10-6-2-3-7-11(10)16(12)14;1-9-5-4-7-11-13(9)15-14-16(11)10-6-2-3-8-12(10)17-14;1-9-5-4-8-12-13(9)17-14-15-10-6-2-3-7-11(10)16(12)14/h2-16H,1H3;4-10H,1-3H3;2-9H,1H3;4*2-8H,1H3.